The molecule has 4 rings (SSSR count). The van der Waals surface area contributed by atoms with E-state index in [-0.39, 0.29) is 11.3 Å². The highest BCUT2D eigenvalue weighted by Crippen LogP contribution is 2.44. The van der Waals surface area contributed by atoms with E-state index in [2.05, 4.69) is 18.7 Å². The predicted octanol–water partition coefficient (Wildman–Crippen LogP) is 5.24. The third-order valence-electron chi connectivity index (χ3n) is 7.09. The van der Waals surface area contributed by atoms with Gasteiger partial charge in [-0.05, 0) is 67.9 Å². The first kappa shape index (κ1) is 27.6. The number of hydrogen-bond acceptors (Lipinski definition) is 7. The molecule has 0 radical (unpaired) electrons. The van der Waals surface area contributed by atoms with Crippen molar-refractivity contribution in [1.29, 1.82) is 0 Å². The minimum Gasteiger partial charge on any atom is -0.507 e. The average molecular weight is 530 g/mol. The standard InChI is InChI=1S/C31H35N3O5/c1-7-33(8-2)22-11-9-20(10-12-22)28-27(29(35)25-18-17-24(38-5)19-26(25)39-6)30(36)31(37)34(28)23-15-13-21(14-16-23)32(3)4/h9-19,28,35H,7-8H2,1-6H3/b29-27-. The fourth-order valence-corrected chi connectivity index (χ4v) is 4.92. The van der Waals surface area contributed by atoms with Gasteiger partial charge in [-0.2, -0.15) is 0 Å². The molecule has 1 atom stereocenters. The van der Waals surface area contributed by atoms with Gasteiger partial charge in [0.05, 0.1) is 31.4 Å². The van der Waals surface area contributed by atoms with Crippen LogP contribution in [0.5, 0.6) is 11.5 Å². The number of benzene rings is 3. The summed E-state index contributed by atoms with van der Waals surface area (Å²) in [4.78, 5) is 32.7. The van der Waals surface area contributed by atoms with Crippen LogP contribution in [0.2, 0.25) is 0 Å². The Kier molecular flexibility index (Phi) is 8.14. The van der Waals surface area contributed by atoms with Crippen LogP contribution in [0.1, 0.15) is 31.0 Å². The summed E-state index contributed by atoms with van der Waals surface area (Å²) in [5, 5.41) is 11.6. The second-order valence-electron chi connectivity index (χ2n) is 9.41. The first-order chi connectivity index (χ1) is 18.7. The highest BCUT2D eigenvalue weighted by Gasteiger charge is 2.47. The van der Waals surface area contributed by atoms with Crippen molar-refractivity contribution >= 4 is 34.5 Å². The van der Waals surface area contributed by atoms with E-state index in [1.54, 1.807) is 18.2 Å². The summed E-state index contributed by atoms with van der Waals surface area (Å²) in [7, 11) is 6.87. The number of carbonyl (C=O) groups excluding carboxylic acids is 2. The quantitative estimate of drug-likeness (QED) is 0.231. The smallest absolute Gasteiger partial charge is 0.300 e. The van der Waals surface area contributed by atoms with Gasteiger partial charge in [0, 0.05) is 50.3 Å². The summed E-state index contributed by atoms with van der Waals surface area (Å²) in [6.07, 6.45) is 0. The number of Topliss-reactive ketones (excluding diaryl/α,β-unsaturated/α-hetero) is 1. The largest absolute Gasteiger partial charge is 0.507 e. The van der Waals surface area contributed by atoms with E-state index in [1.165, 1.54) is 19.1 Å². The molecular weight excluding hydrogens is 494 g/mol. The van der Waals surface area contributed by atoms with Crippen LogP contribution in [-0.4, -0.2) is 58.2 Å². The second kappa shape index (κ2) is 11.5. The second-order valence-corrected chi connectivity index (χ2v) is 9.41. The average Bonchev–Trinajstić information content (AvgIpc) is 3.23. The molecule has 0 spiro atoms. The summed E-state index contributed by atoms with van der Waals surface area (Å²) in [6.45, 7) is 5.88. The van der Waals surface area contributed by atoms with Crippen LogP contribution in [0, 0.1) is 0 Å². The van der Waals surface area contributed by atoms with Crippen LogP contribution in [0.4, 0.5) is 17.1 Å². The number of carbonyl (C=O) groups is 2. The number of hydrogen-bond donors (Lipinski definition) is 1. The number of aliphatic hydroxyl groups excluding tert-OH is 1. The van der Waals surface area contributed by atoms with E-state index in [0.29, 0.717) is 28.3 Å². The molecule has 1 aliphatic heterocycles. The van der Waals surface area contributed by atoms with Crippen molar-refractivity contribution in [3.8, 4) is 11.5 Å². The van der Waals surface area contributed by atoms with E-state index in [4.69, 9.17) is 9.47 Å². The Morgan fingerprint density at radius 1 is 0.872 bits per heavy atom. The maximum atomic E-state index is 13.6. The van der Waals surface area contributed by atoms with Crippen LogP contribution < -0.4 is 24.2 Å². The molecule has 0 aliphatic carbocycles. The number of ether oxygens (including phenoxy) is 2. The zero-order chi connectivity index (χ0) is 28.3. The maximum Gasteiger partial charge on any atom is 0.300 e. The van der Waals surface area contributed by atoms with Gasteiger partial charge in [-0.15, -0.1) is 0 Å². The monoisotopic (exact) mass is 529 g/mol. The number of methoxy groups -OCH3 is 2. The molecule has 1 aliphatic rings. The van der Waals surface area contributed by atoms with Crippen molar-refractivity contribution in [3.63, 3.8) is 0 Å². The fraction of sp³-hybridized carbons (Fsp3) is 0.290. The molecule has 8 nitrogen and oxygen atoms in total. The van der Waals surface area contributed by atoms with Gasteiger partial charge in [0.2, 0.25) is 0 Å². The Hall–Kier alpha value is -4.46. The molecule has 204 valence electrons. The molecule has 1 N–H and O–H groups in total. The number of rotatable bonds is 9. The lowest BCUT2D eigenvalue weighted by molar-refractivity contribution is -0.132. The molecular formula is C31H35N3O5. The molecule has 1 heterocycles. The molecule has 1 amide bonds. The van der Waals surface area contributed by atoms with E-state index < -0.39 is 17.7 Å². The van der Waals surface area contributed by atoms with Crippen LogP contribution >= 0.6 is 0 Å². The Bertz CT molecular complexity index is 1380. The highest BCUT2D eigenvalue weighted by atomic mass is 16.5. The van der Waals surface area contributed by atoms with E-state index in [1.807, 2.05) is 67.5 Å². The summed E-state index contributed by atoms with van der Waals surface area (Å²) in [5.41, 5.74) is 3.54. The zero-order valence-electron chi connectivity index (χ0n) is 23.3. The minimum atomic E-state index is -0.840. The SMILES string of the molecule is CCN(CC)c1ccc(C2/C(=C(/O)c3ccc(OC)cc3OC)C(=O)C(=O)N2c2ccc(N(C)C)cc2)cc1. The Balaban J connectivity index is 1.91. The molecule has 0 aromatic heterocycles. The number of ketones is 1. The third-order valence-corrected chi connectivity index (χ3v) is 7.09. The molecule has 0 bridgehead atoms. The molecule has 3 aromatic rings. The van der Waals surface area contributed by atoms with Gasteiger partial charge < -0.3 is 24.4 Å². The number of anilines is 3. The number of amides is 1. The van der Waals surface area contributed by atoms with Gasteiger partial charge in [-0.3, -0.25) is 14.5 Å². The first-order valence-corrected chi connectivity index (χ1v) is 12.9. The maximum absolute atomic E-state index is 13.6. The molecule has 0 saturated carbocycles. The molecule has 3 aromatic carbocycles. The minimum absolute atomic E-state index is 0.00394. The first-order valence-electron chi connectivity index (χ1n) is 12.9. The van der Waals surface area contributed by atoms with Crippen molar-refractivity contribution in [2.24, 2.45) is 0 Å². The molecule has 1 unspecified atom stereocenters. The summed E-state index contributed by atoms with van der Waals surface area (Å²) < 4.78 is 10.8. The van der Waals surface area contributed by atoms with Gasteiger partial charge in [-0.1, -0.05) is 12.1 Å². The van der Waals surface area contributed by atoms with Crippen molar-refractivity contribution in [2.45, 2.75) is 19.9 Å². The van der Waals surface area contributed by atoms with Crippen LogP contribution in [0.25, 0.3) is 5.76 Å². The zero-order valence-corrected chi connectivity index (χ0v) is 23.3. The Labute approximate surface area is 229 Å². The van der Waals surface area contributed by atoms with Crippen molar-refractivity contribution in [2.75, 3.05) is 56.1 Å². The third kappa shape index (κ3) is 5.14. The van der Waals surface area contributed by atoms with E-state index in [0.717, 1.165) is 24.5 Å². The van der Waals surface area contributed by atoms with Gasteiger partial charge in [0.1, 0.15) is 17.3 Å². The Morgan fingerprint density at radius 3 is 2.03 bits per heavy atom. The van der Waals surface area contributed by atoms with Crippen molar-refractivity contribution < 1.29 is 24.2 Å². The van der Waals surface area contributed by atoms with E-state index in [9.17, 15) is 14.7 Å². The lowest BCUT2D eigenvalue weighted by Crippen LogP contribution is -2.29. The lowest BCUT2D eigenvalue weighted by Gasteiger charge is -2.27. The van der Waals surface area contributed by atoms with Crippen LogP contribution in [0.15, 0.2) is 72.3 Å². The summed E-state index contributed by atoms with van der Waals surface area (Å²) >= 11 is 0. The van der Waals surface area contributed by atoms with Crippen LogP contribution in [-0.2, 0) is 9.59 Å². The lowest BCUT2D eigenvalue weighted by atomic mass is 9.94. The van der Waals surface area contributed by atoms with Gasteiger partial charge in [-0.25, -0.2) is 0 Å². The highest BCUT2D eigenvalue weighted by molar-refractivity contribution is 6.51. The molecule has 1 fully saturated rings. The summed E-state index contributed by atoms with van der Waals surface area (Å²) in [6, 6.07) is 19.2. The fourth-order valence-electron chi connectivity index (χ4n) is 4.92. The van der Waals surface area contributed by atoms with Crippen LogP contribution in [0.3, 0.4) is 0 Å². The molecule has 8 heteroatoms. The van der Waals surface area contributed by atoms with Gasteiger partial charge in [0.15, 0.2) is 0 Å². The number of nitrogens with zero attached hydrogens (tertiary/aromatic N) is 3. The van der Waals surface area contributed by atoms with Crippen molar-refractivity contribution in [3.05, 3.63) is 83.4 Å². The Morgan fingerprint density at radius 2 is 1.49 bits per heavy atom. The van der Waals surface area contributed by atoms with Gasteiger partial charge >= 0.3 is 0 Å². The predicted molar refractivity (Wildman–Crippen MR) is 155 cm³/mol. The molecule has 1 saturated heterocycles. The van der Waals surface area contributed by atoms with E-state index >= 15 is 0 Å². The summed E-state index contributed by atoms with van der Waals surface area (Å²) in [5.74, 6) is -0.921. The number of aliphatic hydroxyl groups is 1. The normalized spacial score (nSPS) is 16.4. The van der Waals surface area contributed by atoms with Gasteiger partial charge in [0.25, 0.3) is 11.7 Å². The molecule has 39 heavy (non-hydrogen) atoms. The topological polar surface area (TPSA) is 82.5 Å². The van der Waals surface area contributed by atoms with Crippen molar-refractivity contribution in [1.82, 2.24) is 0 Å².